The van der Waals surface area contributed by atoms with Gasteiger partial charge in [0.2, 0.25) is 0 Å². The average Bonchev–Trinajstić information content (AvgIpc) is 3.35. The van der Waals surface area contributed by atoms with Crippen LogP contribution in [0.5, 0.6) is 0 Å². The van der Waals surface area contributed by atoms with Crippen LogP contribution in [0.25, 0.3) is 39.2 Å². The lowest BCUT2D eigenvalue weighted by Crippen LogP contribution is -1.97. The predicted octanol–water partition coefficient (Wildman–Crippen LogP) is 6.27. The van der Waals surface area contributed by atoms with E-state index in [0.29, 0.717) is 0 Å². The van der Waals surface area contributed by atoms with E-state index >= 15 is 0 Å². The first kappa shape index (κ1) is 17.1. The Bertz CT molecular complexity index is 1150. The number of hydrogen-bond acceptors (Lipinski definition) is 2. The molecule has 0 aliphatic heterocycles. The van der Waals surface area contributed by atoms with Crippen LogP contribution < -0.4 is 0 Å². The lowest BCUT2D eigenvalue weighted by Gasteiger charge is -2.16. The van der Waals surface area contributed by atoms with Crippen LogP contribution >= 0.6 is 0 Å². The summed E-state index contributed by atoms with van der Waals surface area (Å²) < 4.78 is 1.82. The third-order valence-corrected chi connectivity index (χ3v) is 5.01. The van der Waals surface area contributed by atoms with Crippen LogP contribution in [0.3, 0.4) is 0 Å². The van der Waals surface area contributed by atoms with Crippen molar-refractivity contribution in [2.75, 3.05) is 0 Å². The summed E-state index contributed by atoms with van der Waals surface area (Å²) in [5, 5.41) is 4.30. The number of hydrogen-bond donors (Lipinski definition) is 0. The smallest absolute Gasteiger partial charge is 0.0829 e. The average molecular weight is 373 g/mol. The molecule has 2 aromatic heterocycles. The maximum Gasteiger partial charge on any atom is 0.0829 e. The predicted molar refractivity (Wildman–Crippen MR) is 118 cm³/mol. The Morgan fingerprint density at radius 1 is 0.586 bits per heavy atom. The fourth-order valence-corrected chi connectivity index (χ4v) is 3.64. The van der Waals surface area contributed by atoms with Crippen molar-refractivity contribution >= 4 is 0 Å². The Labute approximate surface area is 169 Å². The molecular weight excluding hydrogens is 354 g/mol. The van der Waals surface area contributed by atoms with Gasteiger partial charge in [0, 0.05) is 18.0 Å². The van der Waals surface area contributed by atoms with Gasteiger partial charge >= 0.3 is 0 Å². The molecule has 2 heterocycles. The van der Waals surface area contributed by atoms with Gasteiger partial charge in [-0.1, -0.05) is 78.9 Å². The van der Waals surface area contributed by atoms with Crippen LogP contribution in [0.4, 0.5) is 0 Å². The molecule has 0 amide bonds. The van der Waals surface area contributed by atoms with Crippen molar-refractivity contribution in [3.63, 3.8) is 0 Å². The van der Waals surface area contributed by atoms with Crippen molar-refractivity contribution in [1.29, 1.82) is 0 Å². The highest BCUT2D eigenvalue weighted by Gasteiger charge is 2.15. The summed E-state index contributed by atoms with van der Waals surface area (Å²) in [5.41, 5.74) is 7.72. The molecule has 0 aliphatic carbocycles. The lowest BCUT2D eigenvalue weighted by atomic mass is 9.90. The molecule has 138 valence electrons. The molecule has 0 atom stereocenters. The Kier molecular flexibility index (Phi) is 4.47. The highest BCUT2D eigenvalue weighted by atomic mass is 15.3. The summed E-state index contributed by atoms with van der Waals surface area (Å²) >= 11 is 0. The van der Waals surface area contributed by atoms with Crippen LogP contribution in [0.15, 0.2) is 116 Å². The molecule has 0 saturated heterocycles. The Morgan fingerprint density at radius 3 is 1.76 bits per heavy atom. The normalized spacial score (nSPS) is 10.8. The van der Waals surface area contributed by atoms with E-state index in [2.05, 4.69) is 84.0 Å². The quantitative estimate of drug-likeness (QED) is 0.372. The molecule has 3 nitrogen and oxygen atoms in total. The van der Waals surface area contributed by atoms with Crippen LogP contribution in [-0.4, -0.2) is 14.8 Å². The topological polar surface area (TPSA) is 30.7 Å². The van der Waals surface area contributed by atoms with Gasteiger partial charge in [-0.15, -0.1) is 0 Å². The van der Waals surface area contributed by atoms with E-state index in [-0.39, 0.29) is 0 Å². The van der Waals surface area contributed by atoms with Gasteiger partial charge in [-0.05, 0) is 40.5 Å². The van der Waals surface area contributed by atoms with Gasteiger partial charge in [0.1, 0.15) is 0 Å². The first-order chi connectivity index (χ1) is 14.4. The van der Waals surface area contributed by atoms with E-state index in [9.17, 15) is 0 Å². The zero-order valence-corrected chi connectivity index (χ0v) is 15.8. The molecule has 3 aromatic carbocycles. The number of pyridine rings is 1. The summed E-state index contributed by atoms with van der Waals surface area (Å²) in [6.45, 7) is 0. The summed E-state index contributed by atoms with van der Waals surface area (Å²) in [5.74, 6) is 0. The maximum absolute atomic E-state index is 4.82. The molecule has 0 radical (unpaired) electrons. The molecule has 0 N–H and O–H groups in total. The zero-order valence-electron chi connectivity index (χ0n) is 15.8. The molecular formula is C26H19N3. The molecule has 5 rings (SSSR count). The largest absolute Gasteiger partial charge is 0.254 e. The van der Waals surface area contributed by atoms with Crippen molar-refractivity contribution in [3.05, 3.63) is 116 Å². The number of benzene rings is 3. The SMILES string of the molecule is c1ccc(-c2cccc(-c3ccccc3)c2-c2ccc(-n3cccn3)cn2)cc1. The summed E-state index contributed by atoms with van der Waals surface area (Å²) in [6.07, 6.45) is 5.56. The van der Waals surface area contributed by atoms with E-state index < -0.39 is 0 Å². The maximum atomic E-state index is 4.82. The van der Waals surface area contributed by atoms with Gasteiger partial charge in [0.25, 0.3) is 0 Å². The molecule has 29 heavy (non-hydrogen) atoms. The summed E-state index contributed by atoms with van der Waals surface area (Å²) in [7, 11) is 0. The van der Waals surface area contributed by atoms with Crippen molar-refractivity contribution < 1.29 is 0 Å². The minimum atomic E-state index is 0.942. The van der Waals surface area contributed by atoms with E-state index in [1.54, 1.807) is 6.20 Å². The highest BCUT2D eigenvalue weighted by Crippen LogP contribution is 2.39. The van der Waals surface area contributed by atoms with Crippen LogP contribution in [-0.2, 0) is 0 Å². The fourth-order valence-electron chi connectivity index (χ4n) is 3.64. The molecule has 0 unspecified atom stereocenters. The van der Waals surface area contributed by atoms with Crippen molar-refractivity contribution in [2.45, 2.75) is 0 Å². The first-order valence-corrected chi connectivity index (χ1v) is 9.60. The fraction of sp³-hybridized carbons (Fsp3) is 0. The van der Waals surface area contributed by atoms with Gasteiger partial charge in [0.15, 0.2) is 0 Å². The Morgan fingerprint density at radius 2 is 1.24 bits per heavy atom. The van der Waals surface area contributed by atoms with Crippen molar-refractivity contribution in [3.8, 4) is 39.2 Å². The third-order valence-electron chi connectivity index (χ3n) is 5.01. The summed E-state index contributed by atoms with van der Waals surface area (Å²) in [6, 6.07) is 33.4. The van der Waals surface area contributed by atoms with Gasteiger partial charge in [-0.2, -0.15) is 5.10 Å². The molecule has 0 fully saturated rings. The van der Waals surface area contributed by atoms with E-state index in [1.807, 2.05) is 35.3 Å². The minimum absolute atomic E-state index is 0.942. The number of rotatable bonds is 4. The third kappa shape index (κ3) is 3.34. The zero-order chi connectivity index (χ0) is 19.5. The van der Waals surface area contributed by atoms with Gasteiger partial charge in [0.05, 0.1) is 17.6 Å². The standard InChI is InChI=1S/C26H19N3/c1-3-9-20(10-4-1)23-13-7-14-24(21-11-5-2-6-12-21)26(23)25-16-15-22(19-27-25)29-18-8-17-28-29/h1-19H. The van der Waals surface area contributed by atoms with Crippen LogP contribution in [0.2, 0.25) is 0 Å². The van der Waals surface area contributed by atoms with E-state index in [4.69, 9.17) is 4.98 Å². The monoisotopic (exact) mass is 373 g/mol. The molecule has 0 spiro atoms. The molecule has 0 aliphatic rings. The van der Waals surface area contributed by atoms with Crippen molar-refractivity contribution in [2.24, 2.45) is 0 Å². The van der Waals surface area contributed by atoms with Gasteiger partial charge in [-0.25, -0.2) is 4.68 Å². The van der Waals surface area contributed by atoms with Crippen LogP contribution in [0, 0.1) is 0 Å². The first-order valence-electron chi connectivity index (χ1n) is 9.60. The Balaban J connectivity index is 1.71. The Hall–Kier alpha value is -3.98. The molecule has 0 saturated carbocycles. The summed E-state index contributed by atoms with van der Waals surface area (Å²) in [4.78, 5) is 4.82. The second-order valence-electron chi connectivity index (χ2n) is 6.81. The van der Waals surface area contributed by atoms with E-state index in [1.165, 1.54) is 22.3 Å². The second-order valence-corrected chi connectivity index (χ2v) is 6.81. The highest BCUT2D eigenvalue weighted by molar-refractivity contribution is 5.93. The lowest BCUT2D eigenvalue weighted by molar-refractivity contribution is 0.874. The van der Waals surface area contributed by atoms with Gasteiger partial charge in [-0.3, -0.25) is 4.98 Å². The molecule has 3 heteroatoms. The van der Waals surface area contributed by atoms with Crippen molar-refractivity contribution in [1.82, 2.24) is 14.8 Å². The minimum Gasteiger partial charge on any atom is -0.254 e. The molecule has 5 aromatic rings. The molecule has 0 bridgehead atoms. The van der Waals surface area contributed by atoms with Gasteiger partial charge < -0.3 is 0 Å². The number of aromatic nitrogens is 3. The number of nitrogens with zero attached hydrogens (tertiary/aromatic N) is 3. The van der Waals surface area contributed by atoms with E-state index in [0.717, 1.165) is 16.9 Å². The second kappa shape index (κ2) is 7.56. The van der Waals surface area contributed by atoms with Crippen LogP contribution in [0.1, 0.15) is 0 Å².